The predicted molar refractivity (Wildman–Crippen MR) is 57.3 cm³/mol. The Balaban J connectivity index is 2.35. The van der Waals surface area contributed by atoms with E-state index in [1.807, 2.05) is 6.92 Å². The highest BCUT2D eigenvalue weighted by molar-refractivity contribution is 7.14. The molecule has 0 saturated carbocycles. The van der Waals surface area contributed by atoms with Gasteiger partial charge in [-0.1, -0.05) is 6.92 Å². The molecule has 0 saturated heterocycles. The fourth-order valence-electron chi connectivity index (χ4n) is 1.04. The van der Waals surface area contributed by atoms with E-state index in [0.29, 0.717) is 0 Å². The molecule has 4 heteroatoms. The van der Waals surface area contributed by atoms with E-state index in [2.05, 4.69) is 27.7 Å². The van der Waals surface area contributed by atoms with Gasteiger partial charge in [0.05, 0.1) is 5.01 Å². The highest BCUT2D eigenvalue weighted by Gasteiger charge is 2.06. The largest absolute Gasteiger partial charge is 0.240 e. The summed E-state index contributed by atoms with van der Waals surface area (Å²) < 4.78 is 0. The Morgan fingerprint density at radius 3 is 2.62 bits per heavy atom. The Bertz CT molecular complexity index is 403. The minimum Gasteiger partial charge on any atom is -0.240 e. The van der Waals surface area contributed by atoms with Gasteiger partial charge in [0.25, 0.3) is 0 Å². The molecule has 0 N–H and O–H groups in total. The van der Waals surface area contributed by atoms with Gasteiger partial charge in [-0.3, -0.25) is 0 Å². The third-order valence-corrected chi connectivity index (χ3v) is 3.67. The Hall–Kier alpha value is -0.740. The summed E-state index contributed by atoms with van der Waals surface area (Å²) in [6.07, 6.45) is 1.01. The van der Waals surface area contributed by atoms with Crippen molar-refractivity contribution >= 4 is 22.7 Å². The lowest BCUT2D eigenvalue weighted by Crippen LogP contribution is -1.79. The Morgan fingerprint density at radius 2 is 2.08 bits per heavy atom. The van der Waals surface area contributed by atoms with E-state index in [0.717, 1.165) is 22.8 Å². The number of rotatable bonds is 2. The van der Waals surface area contributed by atoms with Crippen LogP contribution in [0.1, 0.15) is 17.6 Å². The number of nitrogens with zero attached hydrogens (tertiary/aromatic N) is 2. The molecule has 2 rings (SSSR count). The highest BCUT2D eigenvalue weighted by Crippen LogP contribution is 2.25. The lowest BCUT2D eigenvalue weighted by Gasteiger charge is -1.86. The van der Waals surface area contributed by atoms with Crippen LogP contribution in [0.4, 0.5) is 0 Å². The summed E-state index contributed by atoms with van der Waals surface area (Å²) in [4.78, 5) is 8.87. The third kappa shape index (κ3) is 1.78. The average Bonchev–Trinajstić information content (AvgIpc) is 2.71. The molecule has 0 radical (unpaired) electrons. The van der Waals surface area contributed by atoms with Gasteiger partial charge in [0, 0.05) is 16.5 Å². The van der Waals surface area contributed by atoms with Crippen LogP contribution in [-0.4, -0.2) is 9.97 Å². The SMILES string of the molecule is CCc1nc(-c2nc(C)cs2)cs1. The van der Waals surface area contributed by atoms with E-state index in [9.17, 15) is 0 Å². The average molecular weight is 210 g/mol. The molecule has 0 aromatic carbocycles. The molecule has 0 spiro atoms. The van der Waals surface area contributed by atoms with Gasteiger partial charge in [0.1, 0.15) is 10.7 Å². The van der Waals surface area contributed by atoms with Crippen molar-refractivity contribution in [2.75, 3.05) is 0 Å². The molecule has 0 fully saturated rings. The monoisotopic (exact) mass is 210 g/mol. The molecule has 68 valence electrons. The summed E-state index contributed by atoms with van der Waals surface area (Å²) in [6.45, 7) is 4.13. The van der Waals surface area contributed by atoms with Crippen molar-refractivity contribution in [3.63, 3.8) is 0 Å². The zero-order valence-corrected chi connectivity index (χ0v) is 9.21. The number of hydrogen-bond acceptors (Lipinski definition) is 4. The summed E-state index contributed by atoms with van der Waals surface area (Å²) in [5.41, 5.74) is 2.10. The van der Waals surface area contributed by atoms with Crippen LogP contribution in [0.5, 0.6) is 0 Å². The van der Waals surface area contributed by atoms with Crippen LogP contribution in [0.25, 0.3) is 10.7 Å². The first-order chi connectivity index (χ1) is 6.29. The normalized spacial score (nSPS) is 10.6. The summed E-state index contributed by atoms with van der Waals surface area (Å²) in [5.74, 6) is 0. The van der Waals surface area contributed by atoms with Crippen molar-refractivity contribution in [1.82, 2.24) is 9.97 Å². The number of hydrogen-bond donors (Lipinski definition) is 0. The fraction of sp³-hybridized carbons (Fsp3) is 0.333. The lowest BCUT2D eigenvalue weighted by atomic mass is 10.5. The second-order valence-corrected chi connectivity index (χ2v) is 4.57. The summed E-state index contributed by atoms with van der Waals surface area (Å²) in [6, 6.07) is 0. The molecule has 0 amide bonds. The summed E-state index contributed by atoms with van der Waals surface area (Å²) >= 11 is 3.37. The van der Waals surface area contributed by atoms with Gasteiger partial charge in [-0.25, -0.2) is 9.97 Å². The quantitative estimate of drug-likeness (QED) is 0.761. The molecule has 0 unspecified atom stereocenters. The predicted octanol–water partition coefficient (Wildman–Crippen LogP) is 3.14. The first kappa shape index (κ1) is 8.84. The van der Waals surface area contributed by atoms with Crippen LogP contribution in [0.2, 0.25) is 0 Å². The van der Waals surface area contributed by atoms with E-state index in [4.69, 9.17) is 0 Å². The van der Waals surface area contributed by atoms with Crippen molar-refractivity contribution in [2.24, 2.45) is 0 Å². The molecule has 0 atom stereocenters. The first-order valence-corrected chi connectivity index (χ1v) is 5.92. The van der Waals surface area contributed by atoms with Crippen LogP contribution in [0, 0.1) is 6.92 Å². The Kier molecular flexibility index (Phi) is 2.42. The van der Waals surface area contributed by atoms with Crippen LogP contribution in [-0.2, 0) is 6.42 Å². The number of aromatic nitrogens is 2. The number of thiazole rings is 2. The van der Waals surface area contributed by atoms with Crippen molar-refractivity contribution in [2.45, 2.75) is 20.3 Å². The molecular weight excluding hydrogens is 200 g/mol. The summed E-state index contributed by atoms with van der Waals surface area (Å²) in [5, 5.41) is 6.36. The van der Waals surface area contributed by atoms with Crippen LogP contribution in [0.3, 0.4) is 0 Å². The molecule has 13 heavy (non-hydrogen) atoms. The zero-order chi connectivity index (χ0) is 9.26. The van der Waals surface area contributed by atoms with E-state index in [1.165, 1.54) is 5.01 Å². The van der Waals surface area contributed by atoms with E-state index < -0.39 is 0 Å². The molecule has 0 aliphatic carbocycles. The molecule has 0 aliphatic rings. The van der Waals surface area contributed by atoms with Crippen molar-refractivity contribution in [3.8, 4) is 10.7 Å². The molecule has 2 aromatic heterocycles. The molecule has 0 bridgehead atoms. The smallest absolute Gasteiger partial charge is 0.142 e. The van der Waals surface area contributed by atoms with Gasteiger partial charge in [0.15, 0.2) is 0 Å². The van der Waals surface area contributed by atoms with Gasteiger partial charge in [0.2, 0.25) is 0 Å². The topological polar surface area (TPSA) is 25.8 Å². The minimum atomic E-state index is 1.01. The van der Waals surface area contributed by atoms with Crippen molar-refractivity contribution in [1.29, 1.82) is 0 Å². The second kappa shape index (κ2) is 3.55. The first-order valence-electron chi connectivity index (χ1n) is 4.16. The second-order valence-electron chi connectivity index (χ2n) is 2.77. The van der Waals surface area contributed by atoms with Crippen molar-refractivity contribution < 1.29 is 0 Å². The Morgan fingerprint density at radius 1 is 1.23 bits per heavy atom. The number of aryl methyl sites for hydroxylation is 2. The van der Waals surface area contributed by atoms with Gasteiger partial charge in [-0.15, -0.1) is 22.7 Å². The van der Waals surface area contributed by atoms with Gasteiger partial charge in [-0.05, 0) is 13.3 Å². The maximum atomic E-state index is 4.48. The van der Waals surface area contributed by atoms with E-state index >= 15 is 0 Å². The van der Waals surface area contributed by atoms with Crippen LogP contribution in [0.15, 0.2) is 10.8 Å². The highest BCUT2D eigenvalue weighted by atomic mass is 32.1. The molecule has 2 heterocycles. The van der Waals surface area contributed by atoms with Gasteiger partial charge in [-0.2, -0.15) is 0 Å². The zero-order valence-electron chi connectivity index (χ0n) is 7.57. The van der Waals surface area contributed by atoms with Crippen LogP contribution >= 0.6 is 22.7 Å². The lowest BCUT2D eigenvalue weighted by molar-refractivity contribution is 1.09. The standard InChI is InChI=1S/C9H10N2S2/c1-3-8-11-7(5-12-8)9-10-6(2)4-13-9/h4-5H,3H2,1-2H3. The molecule has 2 aromatic rings. The van der Waals surface area contributed by atoms with Gasteiger partial charge >= 0.3 is 0 Å². The molecule has 2 nitrogen and oxygen atoms in total. The molecular formula is C9H10N2S2. The summed E-state index contributed by atoms with van der Waals surface area (Å²) in [7, 11) is 0. The Labute approximate surface area is 85.3 Å². The van der Waals surface area contributed by atoms with E-state index in [-0.39, 0.29) is 0 Å². The maximum absolute atomic E-state index is 4.48. The fourth-order valence-corrected chi connectivity index (χ4v) is 2.60. The third-order valence-electron chi connectivity index (χ3n) is 1.69. The van der Waals surface area contributed by atoms with Crippen molar-refractivity contribution in [3.05, 3.63) is 21.5 Å². The molecule has 0 aliphatic heterocycles. The van der Waals surface area contributed by atoms with Gasteiger partial charge < -0.3 is 0 Å². The van der Waals surface area contributed by atoms with Crippen LogP contribution < -0.4 is 0 Å². The maximum Gasteiger partial charge on any atom is 0.142 e. The van der Waals surface area contributed by atoms with E-state index in [1.54, 1.807) is 22.7 Å². The minimum absolute atomic E-state index is 1.01.